The molecule has 4 aromatic rings. The van der Waals surface area contributed by atoms with Gasteiger partial charge in [-0.15, -0.1) is 0 Å². The van der Waals surface area contributed by atoms with Gasteiger partial charge in [0.1, 0.15) is 18.2 Å². The van der Waals surface area contributed by atoms with Gasteiger partial charge in [0, 0.05) is 28.9 Å². The summed E-state index contributed by atoms with van der Waals surface area (Å²) >= 11 is 0. The van der Waals surface area contributed by atoms with Crippen LogP contribution in [0.3, 0.4) is 0 Å². The number of fused-ring (bicyclic) bond motifs is 1. The van der Waals surface area contributed by atoms with Crippen LogP contribution in [0.4, 0.5) is 4.39 Å². The van der Waals surface area contributed by atoms with Gasteiger partial charge < -0.3 is 9.30 Å². The second-order valence-electron chi connectivity index (χ2n) is 6.92. The molecular formula is C24H23FN2O. The number of halogens is 1. The Kier molecular flexibility index (Phi) is 5.38. The van der Waals surface area contributed by atoms with E-state index in [0.29, 0.717) is 12.2 Å². The Hall–Kier alpha value is -3.14. The fourth-order valence-corrected chi connectivity index (χ4v) is 3.62. The molecule has 0 aliphatic rings. The van der Waals surface area contributed by atoms with Crippen molar-refractivity contribution in [1.82, 2.24) is 9.55 Å². The molecule has 0 aliphatic carbocycles. The first-order valence-corrected chi connectivity index (χ1v) is 9.63. The van der Waals surface area contributed by atoms with Crippen molar-refractivity contribution in [2.75, 3.05) is 0 Å². The standard InChI is InChI=1S/C24H23FN2O/c1-2-6-24(21-11-13-26-16-22(21)25)27-14-12-19-15-20(9-10-23(19)27)28-17-18-7-4-3-5-8-18/h3-5,7-16,24H,2,6,17H2,1H3. The Balaban J connectivity index is 1.62. The second kappa shape index (κ2) is 8.26. The lowest BCUT2D eigenvalue weighted by atomic mass is 10.0. The highest BCUT2D eigenvalue weighted by atomic mass is 19.1. The molecule has 2 aromatic carbocycles. The van der Waals surface area contributed by atoms with Crippen LogP contribution in [0.25, 0.3) is 10.9 Å². The summed E-state index contributed by atoms with van der Waals surface area (Å²) in [6, 6.07) is 20.0. The number of hydrogen-bond acceptors (Lipinski definition) is 2. The van der Waals surface area contributed by atoms with Crippen LogP contribution in [-0.4, -0.2) is 9.55 Å². The molecule has 0 spiro atoms. The van der Waals surface area contributed by atoms with E-state index >= 15 is 0 Å². The molecule has 2 heterocycles. The summed E-state index contributed by atoms with van der Waals surface area (Å²) in [6.45, 7) is 2.65. The monoisotopic (exact) mass is 374 g/mol. The van der Waals surface area contributed by atoms with Crippen molar-refractivity contribution in [3.05, 3.63) is 96.2 Å². The molecule has 0 amide bonds. The minimum atomic E-state index is -0.259. The first-order chi connectivity index (χ1) is 13.8. The van der Waals surface area contributed by atoms with Gasteiger partial charge in [0.2, 0.25) is 0 Å². The number of benzene rings is 2. The van der Waals surface area contributed by atoms with E-state index in [9.17, 15) is 4.39 Å². The van der Waals surface area contributed by atoms with Crippen molar-refractivity contribution in [3.8, 4) is 5.75 Å². The number of nitrogens with zero attached hydrogens (tertiary/aromatic N) is 2. The summed E-state index contributed by atoms with van der Waals surface area (Å²) in [7, 11) is 0. The highest BCUT2D eigenvalue weighted by molar-refractivity contribution is 5.82. The molecule has 0 fully saturated rings. The van der Waals surface area contributed by atoms with Crippen LogP contribution in [0.2, 0.25) is 0 Å². The molecule has 0 bridgehead atoms. The molecule has 1 atom stereocenters. The number of ether oxygens (including phenoxy) is 1. The van der Waals surface area contributed by atoms with Crippen molar-refractivity contribution in [2.45, 2.75) is 32.4 Å². The molecule has 3 nitrogen and oxygen atoms in total. The lowest BCUT2D eigenvalue weighted by Gasteiger charge is -2.21. The van der Waals surface area contributed by atoms with Crippen LogP contribution in [0, 0.1) is 5.82 Å². The first-order valence-electron chi connectivity index (χ1n) is 9.63. The van der Waals surface area contributed by atoms with Crippen LogP contribution >= 0.6 is 0 Å². The second-order valence-corrected chi connectivity index (χ2v) is 6.92. The fraction of sp³-hybridized carbons (Fsp3) is 0.208. The van der Waals surface area contributed by atoms with Gasteiger partial charge in [0.05, 0.1) is 12.2 Å². The maximum absolute atomic E-state index is 14.4. The van der Waals surface area contributed by atoms with Gasteiger partial charge >= 0.3 is 0 Å². The summed E-state index contributed by atoms with van der Waals surface area (Å²) < 4.78 is 22.5. The van der Waals surface area contributed by atoms with E-state index < -0.39 is 0 Å². The topological polar surface area (TPSA) is 27.1 Å². The van der Waals surface area contributed by atoms with Gasteiger partial charge in [-0.25, -0.2) is 4.39 Å². The van der Waals surface area contributed by atoms with Crippen LogP contribution in [0.5, 0.6) is 5.75 Å². The molecule has 4 heteroatoms. The maximum atomic E-state index is 14.4. The molecular weight excluding hydrogens is 351 g/mol. The Morgan fingerprint density at radius 1 is 1.07 bits per heavy atom. The van der Waals surface area contributed by atoms with Gasteiger partial charge in [0.25, 0.3) is 0 Å². The molecule has 0 aliphatic heterocycles. The third-order valence-electron chi connectivity index (χ3n) is 5.00. The SMILES string of the molecule is CCCC(c1ccncc1F)n1ccc2cc(OCc3ccccc3)ccc21. The normalized spacial score (nSPS) is 12.2. The highest BCUT2D eigenvalue weighted by Crippen LogP contribution is 2.31. The molecule has 0 N–H and O–H groups in total. The predicted octanol–water partition coefficient (Wildman–Crippen LogP) is 6.14. The zero-order valence-electron chi connectivity index (χ0n) is 15.9. The highest BCUT2D eigenvalue weighted by Gasteiger charge is 2.18. The third kappa shape index (κ3) is 3.77. The number of pyridine rings is 1. The zero-order valence-corrected chi connectivity index (χ0v) is 15.9. The van der Waals surface area contributed by atoms with E-state index in [1.54, 1.807) is 12.3 Å². The molecule has 4 rings (SSSR count). The third-order valence-corrected chi connectivity index (χ3v) is 5.00. The van der Waals surface area contributed by atoms with E-state index in [0.717, 1.165) is 35.1 Å². The number of rotatable bonds is 7. The van der Waals surface area contributed by atoms with E-state index in [2.05, 4.69) is 28.6 Å². The summed E-state index contributed by atoms with van der Waals surface area (Å²) in [6.07, 6.45) is 6.80. The van der Waals surface area contributed by atoms with Crippen LogP contribution in [0.15, 0.2) is 79.3 Å². The summed E-state index contributed by atoms with van der Waals surface area (Å²) in [5.41, 5.74) is 2.89. The average molecular weight is 374 g/mol. The molecule has 1 unspecified atom stereocenters. The summed E-state index contributed by atoms with van der Waals surface area (Å²) in [5.74, 6) is 0.571. The van der Waals surface area contributed by atoms with E-state index in [4.69, 9.17) is 4.74 Å². The van der Waals surface area contributed by atoms with E-state index in [1.807, 2.05) is 48.7 Å². The molecule has 0 saturated heterocycles. The largest absolute Gasteiger partial charge is 0.489 e. The van der Waals surface area contributed by atoms with E-state index in [-0.39, 0.29) is 11.9 Å². The fourth-order valence-electron chi connectivity index (χ4n) is 3.62. The molecule has 2 aromatic heterocycles. The lowest BCUT2D eigenvalue weighted by molar-refractivity contribution is 0.306. The molecule has 0 radical (unpaired) electrons. The zero-order chi connectivity index (χ0) is 19.3. The van der Waals surface area contributed by atoms with Crippen molar-refractivity contribution >= 4 is 10.9 Å². The number of hydrogen-bond donors (Lipinski definition) is 0. The minimum Gasteiger partial charge on any atom is -0.489 e. The van der Waals surface area contributed by atoms with Gasteiger partial charge in [-0.2, -0.15) is 0 Å². The Labute approximate surface area is 164 Å². The van der Waals surface area contributed by atoms with Gasteiger partial charge in [-0.1, -0.05) is 43.7 Å². The van der Waals surface area contributed by atoms with Crippen molar-refractivity contribution in [2.24, 2.45) is 0 Å². The summed E-state index contributed by atoms with van der Waals surface area (Å²) in [4.78, 5) is 3.89. The first kappa shape index (κ1) is 18.2. The number of aromatic nitrogens is 2. The van der Waals surface area contributed by atoms with Crippen molar-refractivity contribution in [1.29, 1.82) is 0 Å². The predicted molar refractivity (Wildman–Crippen MR) is 110 cm³/mol. The smallest absolute Gasteiger partial charge is 0.146 e. The van der Waals surface area contributed by atoms with Crippen LogP contribution < -0.4 is 4.74 Å². The lowest BCUT2D eigenvalue weighted by Crippen LogP contribution is -2.11. The average Bonchev–Trinajstić information content (AvgIpc) is 3.15. The Bertz CT molecular complexity index is 1060. The van der Waals surface area contributed by atoms with Gasteiger partial charge in [-0.3, -0.25) is 4.98 Å². The van der Waals surface area contributed by atoms with E-state index in [1.165, 1.54) is 6.20 Å². The summed E-state index contributed by atoms with van der Waals surface area (Å²) in [5, 5.41) is 1.08. The quantitative estimate of drug-likeness (QED) is 0.388. The molecule has 28 heavy (non-hydrogen) atoms. The molecule has 142 valence electrons. The van der Waals surface area contributed by atoms with Gasteiger partial charge in [-0.05, 0) is 42.3 Å². The minimum absolute atomic E-state index is 0.0541. The maximum Gasteiger partial charge on any atom is 0.146 e. The van der Waals surface area contributed by atoms with Crippen LogP contribution in [0.1, 0.15) is 36.9 Å². The van der Waals surface area contributed by atoms with Crippen molar-refractivity contribution < 1.29 is 9.13 Å². The Morgan fingerprint density at radius 3 is 2.71 bits per heavy atom. The van der Waals surface area contributed by atoms with Crippen molar-refractivity contribution in [3.63, 3.8) is 0 Å². The molecule has 0 saturated carbocycles. The van der Waals surface area contributed by atoms with Gasteiger partial charge in [0.15, 0.2) is 0 Å². The Morgan fingerprint density at radius 2 is 1.93 bits per heavy atom. The van der Waals surface area contributed by atoms with Crippen LogP contribution in [-0.2, 0) is 6.61 Å².